The predicted octanol–water partition coefficient (Wildman–Crippen LogP) is 6.31. The van der Waals surface area contributed by atoms with E-state index in [-0.39, 0.29) is 56.4 Å². The lowest BCUT2D eigenvalue weighted by atomic mass is 9.55. The van der Waals surface area contributed by atoms with Crippen molar-refractivity contribution in [1.29, 1.82) is 0 Å². The molecular formula is C38H50N2O8. The first-order valence-corrected chi connectivity index (χ1v) is 17.2. The van der Waals surface area contributed by atoms with Gasteiger partial charge >= 0.3 is 6.09 Å². The Labute approximate surface area is 283 Å². The second kappa shape index (κ2) is 16.5. The van der Waals surface area contributed by atoms with Crippen LogP contribution in [0.15, 0.2) is 78.0 Å². The van der Waals surface area contributed by atoms with Crippen LogP contribution in [-0.2, 0) is 20.9 Å². The normalized spacial score (nSPS) is 26.5. The fraction of sp³-hybridized carbons (Fsp3) is 0.526. The average molecular weight is 663 g/mol. The SMILES string of the molecule is C=CCOC12Oc3ccc(O)cc3C3C(CCCCO)C(CCCCO)C=C(C(=NOCC)CC1N(C)C(=O)OCc1ccccc1)C32. The minimum atomic E-state index is -1.36. The zero-order valence-corrected chi connectivity index (χ0v) is 28.1. The summed E-state index contributed by atoms with van der Waals surface area (Å²) >= 11 is 0. The van der Waals surface area contributed by atoms with Gasteiger partial charge in [0.25, 0.3) is 0 Å². The number of nitrogens with zero attached hydrogens (tertiary/aromatic N) is 2. The van der Waals surface area contributed by atoms with E-state index in [4.69, 9.17) is 19.0 Å². The number of ether oxygens (including phenoxy) is 3. The topological polar surface area (TPSA) is 130 Å². The maximum absolute atomic E-state index is 13.8. The van der Waals surface area contributed by atoms with Crippen molar-refractivity contribution in [3.8, 4) is 11.5 Å². The zero-order chi connectivity index (χ0) is 34.1. The van der Waals surface area contributed by atoms with Crippen LogP contribution < -0.4 is 4.74 Å². The van der Waals surface area contributed by atoms with E-state index >= 15 is 0 Å². The Morgan fingerprint density at radius 1 is 1.10 bits per heavy atom. The molecule has 1 saturated carbocycles. The predicted molar refractivity (Wildman–Crippen MR) is 183 cm³/mol. The Morgan fingerprint density at radius 3 is 2.56 bits per heavy atom. The van der Waals surface area contributed by atoms with Crippen LogP contribution in [-0.4, -0.2) is 77.3 Å². The minimum absolute atomic E-state index is 0.0857. The first kappa shape index (κ1) is 35.4. The molecule has 5 rings (SSSR count). The number of benzene rings is 2. The molecule has 10 heteroatoms. The van der Waals surface area contributed by atoms with Crippen molar-refractivity contribution >= 4 is 11.8 Å². The highest BCUT2D eigenvalue weighted by Gasteiger charge is 2.65. The molecule has 2 aromatic carbocycles. The second-order valence-electron chi connectivity index (χ2n) is 12.9. The Kier molecular flexibility index (Phi) is 12.2. The fourth-order valence-corrected chi connectivity index (χ4v) is 7.83. The number of rotatable bonds is 16. The first-order chi connectivity index (χ1) is 23.4. The number of allylic oxidation sites excluding steroid dienone is 1. The van der Waals surface area contributed by atoms with Gasteiger partial charge < -0.3 is 39.3 Å². The van der Waals surface area contributed by atoms with Gasteiger partial charge in [0, 0.05) is 38.2 Å². The third kappa shape index (κ3) is 7.41. The number of fused-ring (bicyclic) bond motifs is 2. The summed E-state index contributed by atoms with van der Waals surface area (Å²) in [6.45, 7) is 6.69. The summed E-state index contributed by atoms with van der Waals surface area (Å²) in [7, 11) is 1.70. The molecule has 0 spiro atoms. The summed E-state index contributed by atoms with van der Waals surface area (Å²) in [5.41, 5.74) is 3.40. The number of likely N-dealkylation sites (N-methyl/N-ethyl adjacent to an activating group) is 1. The number of carbonyl (C=O) groups is 1. The lowest BCUT2D eigenvalue weighted by Crippen LogP contribution is -2.69. The van der Waals surface area contributed by atoms with Crippen molar-refractivity contribution in [3.05, 3.63) is 84.0 Å². The molecule has 0 saturated heterocycles. The molecule has 260 valence electrons. The number of aromatic hydroxyl groups is 1. The number of aliphatic hydroxyl groups excluding tert-OH is 2. The number of oxime groups is 1. The summed E-state index contributed by atoms with van der Waals surface area (Å²) in [6, 6.07) is 14.0. The van der Waals surface area contributed by atoms with E-state index in [1.54, 1.807) is 36.2 Å². The summed E-state index contributed by atoms with van der Waals surface area (Å²) in [6.07, 6.45) is 8.42. The van der Waals surface area contributed by atoms with Gasteiger partial charge in [-0.15, -0.1) is 6.58 Å². The summed E-state index contributed by atoms with van der Waals surface area (Å²) in [4.78, 5) is 21.1. The van der Waals surface area contributed by atoms with Gasteiger partial charge in [0.2, 0.25) is 5.79 Å². The minimum Gasteiger partial charge on any atom is -0.508 e. The van der Waals surface area contributed by atoms with Crippen LogP contribution in [0.2, 0.25) is 0 Å². The quantitative estimate of drug-likeness (QED) is 0.108. The Hall–Kier alpha value is -3.86. The van der Waals surface area contributed by atoms with Gasteiger partial charge in [-0.2, -0.15) is 0 Å². The van der Waals surface area contributed by atoms with E-state index in [0.29, 0.717) is 30.9 Å². The third-order valence-electron chi connectivity index (χ3n) is 9.92. The highest BCUT2D eigenvalue weighted by atomic mass is 16.7. The molecule has 1 aliphatic heterocycles. The Bertz CT molecular complexity index is 1450. The standard InChI is InChI=1S/C38H50N2O8/c1-4-21-46-38-34(40(3)37(44)45-25-26-13-7-6-8-14-26)24-32(39-47-5-2)30-22-27(15-9-11-19-41)29(16-10-12-20-42)35(36(30)38)31-23-28(43)17-18-33(31)48-38/h4,6-8,13-14,17-18,22-23,27,29,34-36,41-43H,1,5,9-12,15-16,19-21,24-25H2,2-3H3. The second-order valence-corrected chi connectivity index (χ2v) is 12.9. The maximum Gasteiger partial charge on any atom is 0.410 e. The molecule has 0 aromatic heterocycles. The van der Waals surface area contributed by atoms with Crippen LogP contribution in [0.4, 0.5) is 4.79 Å². The van der Waals surface area contributed by atoms with E-state index in [9.17, 15) is 20.1 Å². The van der Waals surface area contributed by atoms with Gasteiger partial charge in [0.15, 0.2) is 0 Å². The third-order valence-corrected chi connectivity index (χ3v) is 9.92. The van der Waals surface area contributed by atoms with Crippen molar-refractivity contribution in [1.82, 2.24) is 4.90 Å². The van der Waals surface area contributed by atoms with Gasteiger partial charge in [-0.1, -0.05) is 60.5 Å². The number of carbonyl (C=O) groups excluding carboxylic acids is 1. The van der Waals surface area contributed by atoms with Crippen molar-refractivity contribution < 1.29 is 39.2 Å². The molecule has 1 fully saturated rings. The van der Waals surface area contributed by atoms with Gasteiger partial charge in [0.05, 0.1) is 18.2 Å². The van der Waals surface area contributed by atoms with Gasteiger partial charge in [-0.25, -0.2) is 4.79 Å². The lowest BCUT2D eigenvalue weighted by Gasteiger charge is -2.59. The largest absolute Gasteiger partial charge is 0.508 e. The van der Waals surface area contributed by atoms with Crippen molar-refractivity contribution in [2.75, 3.05) is 33.5 Å². The molecule has 2 aliphatic carbocycles. The van der Waals surface area contributed by atoms with Crippen molar-refractivity contribution in [3.63, 3.8) is 0 Å². The number of phenols is 1. The van der Waals surface area contributed by atoms with E-state index in [2.05, 4.69) is 17.8 Å². The molecule has 3 N–H and O–H groups in total. The molecule has 1 amide bonds. The molecule has 0 bridgehead atoms. The molecule has 10 nitrogen and oxygen atoms in total. The van der Waals surface area contributed by atoms with Crippen molar-refractivity contribution in [2.24, 2.45) is 22.9 Å². The van der Waals surface area contributed by atoms with Gasteiger partial charge in [-0.05, 0) is 73.8 Å². The molecule has 48 heavy (non-hydrogen) atoms. The molecule has 6 atom stereocenters. The molecule has 1 heterocycles. The molecular weight excluding hydrogens is 612 g/mol. The van der Waals surface area contributed by atoms with E-state index in [1.165, 1.54) is 0 Å². The number of hydrogen-bond donors (Lipinski definition) is 3. The van der Waals surface area contributed by atoms with Gasteiger partial charge in [-0.3, -0.25) is 0 Å². The fourth-order valence-electron chi connectivity index (χ4n) is 7.83. The Balaban J connectivity index is 1.67. The molecule has 3 aliphatic rings. The van der Waals surface area contributed by atoms with Gasteiger partial charge in [0.1, 0.15) is 30.8 Å². The highest BCUT2D eigenvalue weighted by Crippen LogP contribution is 2.61. The molecule has 6 unspecified atom stereocenters. The average Bonchev–Trinajstić information content (AvgIpc) is 3.10. The van der Waals surface area contributed by atoms with Crippen LogP contribution in [0.25, 0.3) is 0 Å². The van der Waals surface area contributed by atoms with Crippen LogP contribution in [0.5, 0.6) is 11.5 Å². The van der Waals surface area contributed by atoms with E-state index in [1.807, 2.05) is 37.3 Å². The number of hydrogen-bond acceptors (Lipinski definition) is 9. The van der Waals surface area contributed by atoms with E-state index in [0.717, 1.165) is 42.4 Å². The smallest absolute Gasteiger partial charge is 0.410 e. The molecule has 0 radical (unpaired) electrons. The first-order valence-electron chi connectivity index (χ1n) is 17.2. The van der Waals surface area contributed by atoms with Crippen LogP contribution in [0, 0.1) is 17.8 Å². The maximum atomic E-state index is 13.8. The summed E-state index contributed by atoms with van der Waals surface area (Å²) in [5.74, 6) is -1.05. The lowest BCUT2D eigenvalue weighted by molar-refractivity contribution is -0.253. The van der Waals surface area contributed by atoms with Crippen LogP contribution >= 0.6 is 0 Å². The number of unbranched alkanes of at least 4 members (excludes halogenated alkanes) is 2. The monoisotopic (exact) mass is 662 g/mol. The Morgan fingerprint density at radius 2 is 1.85 bits per heavy atom. The number of amides is 1. The molecule has 2 aromatic rings. The zero-order valence-electron chi connectivity index (χ0n) is 28.1. The highest BCUT2D eigenvalue weighted by molar-refractivity contribution is 6.02. The van der Waals surface area contributed by atoms with Crippen LogP contribution in [0.1, 0.15) is 68.9 Å². The van der Waals surface area contributed by atoms with Crippen LogP contribution in [0.3, 0.4) is 0 Å². The van der Waals surface area contributed by atoms with E-state index < -0.39 is 23.8 Å². The number of phenolic OH excluding ortho intramolecular Hbond substituents is 1. The number of aliphatic hydroxyl groups is 2. The van der Waals surface area contributed by atoms with Crippen molar-refractivity contribution in [2.45, 2.75) is 76.2 Å². The summed E-state index contributed by atoms with van der Waals surface area (Å²) in [5, 5.41) is 34.7. The summed E-state index contributed by atoms with van der Waals surface area (Å²) < 4.78 is 19.6.